The minimum absolute atomic E-state index is 0.229. The SMILES string of the molecule is Cc1cc2c(cc1/C=N\NC(=O)c1ccc(N3CCCC3)cc1)OCO2. The molecular formula is C20H21N3O3. The monoisotopic (exact) mass is 351 g/mol. The first-order valence-electron chi connectivity index (χ1n) is 8.79. The zero-order chi connectivity index (χ0) is 17.9. The number of benzene rings is 2. The van der Waals surface area contributed by atoms with Crippen molar-refractivity contribution in [3.8, 4) is 11.5 Å². The Morgan fingerprint density at radius 2 is 1.81 bits per heavy atom. The van der Waals surface area contributed by atoms with Crippen LogP contribution in [0.5, 0.6) is 11.5 Å². The van der Waals surface area contributed by atoms with Gasteiger partial charge < -0.3 is 14.4 Å². The highest BCUT2D eigenvalue weighted by Gasteiger charge is 2.15. The van der Waals surface area contributed by atoms with Gasteiger partial charge in [0.15, 0.2) is 11.5 Å². The number of ether oxygens (including phenoxy) is 2. The summed E-state index contributed by atoms with van der Waals surface area (Å²) in [6.07, 6.45) is 4.08. The highest BCUT2D eigenvalue weighted by atomic mass is 16.7. The Balaban J connectivity index is 1.40. The van der Waals surface area contributed by atoms with Gasteiger partial charge in [-0.25, -0.2) is 5.43 Å². The van der Waals surface area contributed by atoms with Crippen LogP contribution < -0.4 is 19.8 Å². The number of fused-ring (bicyclic) bond motifs is 1. The first-order chi connectivity index (χ1) is 12.7. The Bertz CT molecular complexity index is 840. The van der Waals surface area contributed by atoms with E-state index in [1.807, 2.05) is 43.3 Å². The molecule has 26 heavy (non-hydrogen) atoms. The Hall–Kier alpha value is -3.02. The van der Waals surface area contributed by atoms with Crippen molar-refractivity contribution < 1.29 is 14.3 Å². The molecule has 2 aromatic rings. The fourth-order valence-electron chi connectivity index (χ4n) is 3.22. The summed E-state index contributed by atoms with van der Waals surface area (Å²) in [6, 6.07) is 11.4. The molecule has 2 aliphatic heterocycles. The summed E-state index contributed by atoms with van der Waals surface area (Å²) in [5.41, 5.74) is 6.21. The van der Waals surface area contributed by atoms with Gasteiger partial charge in [0.25, 0.3) is 5.91 Å². The van der Waals surface area contributed by atoms with Gasteiger partial charge >= 0.3 is 0 Å². The molecule has 2 aliphatic rings. The fourth-order valence-corrected chi connectivity index (χ4v) is 3.22. The number of hydrogen-bond donors (Lipinski definition) is 1. The zero-order valence-corrected chi connectivity index (χ0v) is 14.7. The highest BCUT2D eigenvalue weighted by molar-refractivity contribution is 5.95. The third-order valence-corrected chi connectivity index (χ3v) is 4.73. The van der Waals surface area contributed by atoms with Gasteiger partial charge in [0, 0.05) is 29.9 Å². The standard InChI is InChI=1S/C20H21N3O3/c1-14-10-18-19(26-13-25-18)11-16(14)12-21-22-20(24)15-4-6-17(7-5-15)23-8-2-3-9-23/h4-7,10-12H,2-3,8-9,13H2,1H3,(H,22,24)/b21-12-. The number of carbonyl (C=O) groups is 1. The van der Waals surface area contributed by atoms with Crippen LogP contribution in [0.4, 0.5) is 5.69 Å². The number of carbonyl (C=O) groups excluding carboxylic acids is 1. The Morgan fingerprint density at radius 1 is 1.12 bits per heavy atom. The second-order valence-corrected chi connectivity index (χ2v) is 6.50. The Morgan fingerprint density at radius 3 is 2.54 bits per heavy atom. The van der Waals surface area contributed by atoms with Crippen molar-refractivity contribution in [1.29, 1.82) is 0 Å². The molecule has 1 N–H and O–H groups in total. The molecule has 2 heterocycles. The van der Waals surface area contributed by atoms with Crippen LogP contribution in [-0.4, -0.2) is 32.0 Å². The molecule has 2 aromatic carbocycles. The number of hydrogen-bond acceptors (Lipinski definition) is 5. The van der Waals surface area contributed by atoms with Crippen molar-refractivity contribution in [2.75, 3.05) is 24.8 Å². The van der Waals surface area contributed by atoms with Crippen molar-refractivity contribution in [3.05, 3.63) is 53.1 Å². The van der Waals surface area contributed by atoms with E-state index in [2.05, 4.69) is 15.4 Å². The normalized spacial score (nSPS) is 15.7. The van der Waals surface area contributed by atoms with E-state index >= 15 is 0 Å². The summed E-state index contributed by atoms with van der Waals surface area (Å²) in [5.74, 6) is 1.20. The molecule has 6 nitrogen and oxygen atoms in total. The molecule has 0 unspecified atom stereocenters. The molecule has 0 radical (unpaired) electrons. The molecule has 0 aliphatic carbocycles. The van der Waals surface area contributed by atoms with Gasteiger partial charge in [-0.3, -0.25) is 4.79 Å². The summed E-state index contributed by atoms with van der Waals surface area (Å²) in [5, 5.41) is 4.07. The number of nitrogens with one attached hydrogen (secondary N) is 1. The van der Waals surface area contributed by atoms with E-state index in [9.17, 15) is 4.79 Å². The maximum Gasteiger partial charge on any atom is 0.271 e. The lowest BCUT2D eigenvalue weighted by Crippen LogP contribution is -2.19. The third-order valence-electron chi connectivity index (χ3n) is 4.73. The third kappa shape index (κ3) is 3.35. The summed E-state index contributed by atoms with van der Waals surface area (Å²) in [6.45, 7) is 4.37. The van der Waals surface area contributed by atoms with Crippen LogP contribution in [0.1, 0.15) is 34.3 Å². The van der Waals surface area contributed by atoms with Crippen LogP contribution in [0.3, 0.4) is 0 Å². The molecule has 134 valence electrons. The van der Waals surface area contributed by atoms with Crippen LogP contribution >= 0.6 is 0 Å². The number of aryl methyl sites for hydroxylation is 1. The summed E-state index contributed by atoms with van der Waals surface area (Å²) in [4.78, 5) is 14.6. The lowest BCUT2D eigenvalue weighted by Gasteiger charge is -2.17. The average molecular weight is 351 g/mol. The van der Waals surface area contributed by atoms with Crippen molar-refractivity contribution >= 4 is 17.8 Å². The molecule has 1 amide bonds. The van der Waals surface area contributed by atoms with Crippen LogP contribution in [-0.2, 0) is 0 Å². The molecule has 0 saturated carbocycles. The van der Waals surface area contributed by atoms with Gasteiger partial charge in [-0.05, 0) is 61.7 Å². The lowest BCUT2D eigenvalue weighted by molar-refractivity contribution is 0.0955. The molecule has 0 spiro atoms. The fraction of sp³-hybridized carbons (Fsp3) is 0.300. The second kappa shape index (κ2) is 7.07. The summed E-state index contributed by atoms with van der Waals surface area (Å²) >= 11 is 0. The van der Waals surface area contributed by atoms with Gasteiger partial charge in [0.05, 0.1) is 6.21 Å². The van der Waals surface area contributed by atoms with E-state index < -0.39 is 0 Å². The van der Waals surface area contributed by atoms with Crippen molar-refractivity contribution in [3.63, 3.8) is 0 Å². The van der Waals surface area contributed by atoms with E-state index in [4.69, 9.17) is 9.47 Å². The topological polar surface area (TPSA) is 63.2 Å². The maximum absolute atomic E-state index is 12.3. The van der Waals surface area contributed by atoms with Crippen molar-refractivity contribution in [2.24, 2.45) is 5.10 Å². The molecule has 1 saturated heterocycles. The molecule has 0 atom stereocenters. The lowest BCUT2D eigenvalue weighted by atomic mass is 10.1. The van der Waals surface area contributed by atoms with Gasteiger partial charge in [-0.15, -0.1) is 0 Å². The smallest absolute Gasteiger partial charge is 0.271 e. The molecule has 0 aromatic heterocycles. The Labute approximate surface area is 152 Å². The molecule has 6 heteroatoms. The first-order valence-corrected chi connectivity index (χ1v) is 8.79. The van der Waals surface area contributed by atoms with E-state index in [0.717, 1.165) is 30.0 Å². The van der Waals surface area contributed by atoms with Crippen molar-refractivity contribution in [2.45, 2.75) is 19.8 Å². The zero-order valence-electron chi connectivity index (χ0n) is 14.7. The number of anilines is 1. The van der Waals surface area contributed by atoms with Crippen LogP contribution in [0, 0.1) is 6.92 Å². The van der Waals surface area contributed by atoms with Crippen molar-refractivity contribution in [1.82, 2.24) is 5.43 Å². The minimum atomic E-state index is -0.229. The van der Waals surface area contributed by atoms with E-state index in [-0.39, 0.29) is 12.7 Å². The molecule has 0 bridgehead atoms. The van der Waals surface area contributed by atoms with E-state index in [1.54, 1.807) is 6.21 Å². The maximum atomic E-state index is 12.3. The second-order valence-electron chi connectivity index (χ2n) is 6.50. The summed E-state index contributed by atoms with van der Waals surface area (Å²) < 4.78 is 10.7. The summed E-state index contributed by atoms with van der Waals surface area (Å²) in [7, 11) is 0. The van der Waals surface area contributed by atoms with Gasteiger partial charge in [0.2, 0.25) is 6.79 Å². The number of amides is 1. The van der Waals surface area contributed by atoms with Gasteiger partial charge in [-0.2, -0.15) is 5.10 Å². The Kier molecular flexibility index (Phi) is 4.48. The number of hydrazone groups is 1. The van der Waals surface area contributed by atoms with E-state index in [0.29, 0.717) is 11.3 Å². The van der Waals surface area contributed by atoms with E-state index in [1.165, 1.54) is 18.5 Å². The minimum Gasteiger partial charge on any atom is -0.454 e. The van der Waals surface area contributed by atoms with Gasteiger partial charge in [0.1, 0.15) is 0 Å². The highest BCUT2D eigenvalue weighted by Crippen LogP contribution is 2.34. The van der Waals surface area contributed by atoms with Crippen LogP contribution in [0.15, 0.2) is 41.5 Å². The average Bonchev–Trinajstić information content (AvgIpc) is 3.33. The quantitative estimate of drug-likeness (QED) is 0.679. The number of nitrogens with zero attached hydrogens (tertiary/aromatic N) is 2. The number of rotatable bonds is 4. The van der Waals surface area contributed by atoms with Crippen LogP contribution in [0.2, 0.25) is 0 Å². The predicted octanol–water partition coefficient (Wildman–Crippen LogP) is 3.09. The predicted molar refractivity (Wildman–Crippen MR) is 100 cm³/mol. The van der Waals surface area contributed by atoms with Gasteiger partial charge in [-0.1, -0.05) is 0 Å². The molecular weight excluding hydrogens is 330 g/mol. The molecule has 4 rings (SSSR count). The first kappa shape index (κ1) is 16.4. The largest absolute Gasteiger partial charge is 0.454 e. The van der Waals surface area contributed by atoms with Crippen LogP contribution in [0.25, 0.3) is 0 Å². The molecule has 1 fully saturated rings.